The highest BCUT2D eigenvalue weighted by Crippen LogP contribution is 2.24. The normalized spacial score (nSPS) is 10.1. The number of halogens is 1. The Bertz CT molecular complexity index is 581. The van der Waals surface area contributed by atoms with Gasteiger partial charge < -0.3 is 16.8 Å². The molecule has 1 amide bonds. The molecule has 5 heteroatoms. The summed E-state index contributed by atoms with van der Waals surface area (Å²) >= 11 is 3.31. The molecule has 2 aromatic rings. The molecular formula is C13H12BrN3O. The van der Waals surface area contributed by atoms with Crippen LogP contribution in [0.1, 0.15) is 10.4 Å². The molecule has 0 fully saturated rings. The molecule has 4 nitrogen and oxygen atoms in total. The third kappa shape index (κ3) is 2.81. The molecular weight excluding hydrogens is 294 g/mol. The maximum absolute atomic E-state index is 11.1. The van der Waals surface area contributed by atoms with Crippen LogP contribution in [0.2, 0.25) is 0 Å². The second kappa shape index (κ2) is 5.10. The van der Waals surface area contributed by atoms with Crippen LogP contribution in [-0.2, 0) is 0 Å². The van der Waals surface area contributed by atoms with Crippen molar-refractivity contribution in [2.75, 3.05) is 11.1 Å². The van der Waals surface area contributed by atoms with E-state index in [1.165, 1.54) is 0 Å². The molecule has 0 aromatic heterocycles. The van der Waals surface area contributed by atoms with Crippen molar-refractivity contribution in [1.29, 1.82) is 0 Å². The molecule has 0 saturated heterocycles. The van der Waals surface area contributed by atoms with Gasteiger partial charge in [-0.2, -0.15) is 0 Å². The maximum atomic E-state index is 11.1. The highest BCUT2D eigenvalue weighted by molar-refractivity contribution is 9.10. The lowest BCUT2D eigenvalue weighted by atomic mass is 10.2. The molecule has 0 aliphatic heterocycles. The molecule has 0 aliphatic rings. The van der Waals surface area contributed by atoms with Gasteiger partial charge in [-0.05, 0) is 58.4 Å². The molecule has 0 radical (unpaired) electrons. The van der Waals surface area contributed by atoms with Crippen molar-refractivity contribution in [3.05, 3.63) is 52.5 Å². The maximum Gasteiger partial charge on any atom is 0.249 e. The molecule has 0 saturated carbocycles. The van der Waals surface area contributed by atoms with Crippen LogP contribution in [-0.4, -0.2) is 5.91 Å². The minimum absolute atomic E-state index is 0.456. The Kier molecular flexibility index (Phi) is 3.53. The van der Waals surface area contributed by atoms with E-state index < -0.39 is 5.91 Å². The van der Waals surface area contributed by atoms with E-state index in [2.05, 4.69) is 21.2 Å². The second-order valence-corrected chi connectivity index (χ2v) is 4.66. The highest BCUT2D eigenvalue weighted by atomic mass is 79.9. The molecule has 2 aromatic carbocycles. The molecule has 0 heterocycles. The Labute approximate surface area is 113 Å². The number of nitrogen functional groups attached to an aromatic ring is 1. The van der Waals surface area contributed by atoms with Crippen LogP contribution in [0.15, 0.2) is 46.9 Å². The summed E-state index contributed by atoms with van der Waals surface area (Å²) in [6.07, 6.45) is 0. The SMILES string of the molecule is NC(=O)c1ccc(Nc2ccc(N)cc2)cc1Br. The van der Waals surface area contributed by atoms with Gasteiger partial charge in [0.05, 0.1) is 5.56 Å². The van der Waals surface area contributed by atoms with Crippen LogP contribution < -0.4 is 16.8 Å². The Morgan fingerprint density at radius 3 is 2.22 bits per heavy atom. The van der Waals surface area contributed by atoms with Crippen LogP contribution in [0, 0.1) is 0 Å². The predicted molar refractivity (Wildman–Crippen MR) is 76.8 cm³/mol. The first kappa shape index (κ1) is 12.4. The summed E-state index contributed by atoms with van der Waals surface area (Å²) < 4.78 is 0.662. The Hall–Kier alpha value is -2.01. The van der Waals surface area contributed by atoms with Crippen LogP contribution in [0.3, 0.4) is 0 Å². The fourth-order valence-corrected chi connectivity index (χ4v) is 2.10. The third-order valence-electron chi connectivity index (χ3n) is 2.43. The molecule has 0 aliphatic carbocycles. The summed E-state index contributed by atoms with van der Waals surface area (Å²) in [5.41, 5.74) is 13.8. The first-order valence-corrected chi connectivity index (χ1v) is 6.07. The summed E-state index contributed by atoms with van der Waals surface area (Å²) in [5, 5.41) is 3.20. The minimum atomic E-state index is -0.457. The summed E-state index contributed by atoms with van der Waals surface area (Å²) in [7, 11) is 0. The Morgan fingerprint density at radius 1 is 1.06 bits per heavy atom. The van der Waals surface area contributed by atoms with Crippen molar-refractivity contribution in [2.24, 2.45) is 5.73 Å². The first-order valence-electron chi connectivity index (χ1n) is 5.28. The van der Waals surface area contributed by atoms with Gasteiger partial charge in [0.15, 0.2) is 0 Å². The number of hydrogen-bond donors (Lipinski definition) is 3. The van der Waals surface area contributed by atoms with Crippen molar-refractivity contribution >= 4 is 38.9 Å². The van der Waals surface area contributed by atoms with E-state index in [0.717, 1.165) is 11.4 Å². The van der Waals surface area contributed by atoms with Crippen molar-refractivity contribution in [2.45, 2.75) is 0 Å². The van der Waals surface area contributed by atoms with Crippen molar-refractivity contribution < 1.29 is 4.79 Å². The van der Waals surface area contributed by atoms with Crippen molar-refractivity contribution in [1.82, 2.24) is 0 Å². The number of carbonyl (C=O) groups excluding carboxylic acids is 1. The number of amides is 1. The number of nitrogens with one attached hydrogen (secondary N) is 1. The van der Waals surface area contributed by atoms with E-state index >= 15 is 0 Å². The quantitative estimate of drug-likeness (QED) is 0.763. The van der Waals surface area contributed by atoms with E-state index in [1.807, 2.05) is 24.3 Å². The zero-order chi connectivity index (χ0) is 13.1. The van der Waals surface area contributed by atoms with Gasteiger partial charge in [-0.25, -0.2) is 0 Å². The smallest absolute Gasteiger partial charge is 0.249 e. The largest absolute Gasteiger partial charge is 0.399 e. The van der Waals surface area contributed by atoms with Crippen molar-refractivity contribution in [3.63, 3.8) is 0 Å². The van der Waals surface area contributed by atoms with Gasteiger partial charge in [-0.3, -0.25) is 4.79 Å². The van der Waals surface area contributed by atoms with E-state index in [0.29, 0.717) is 15.7 Å². The Balaban J connectivity index is 2.22. The highest BCUT2D eigenvalue weighted by Gasteiger charge is 2.06. The number of rotatable bonds is 3. The summed E-state index contributed by atoms with van der Waals surface area (Å²) in [6, 6.07) is 12.7. The van der Waals surface area contributed by atoms with E-state index in [1.54, 1.807) is 18.2 Å². The van der Waals surface area contributed by atoms with Gasteiger partial charge in [0, 0.05) is 21.5 Å². The lowest BCUT2D eigenvalue weighted by Gasteiger charge is -2.08. The summed E-state index contributed by atoms with van der Waals surface area (Å²) in [6.45, 7) is 0. The average Bonchev–Trinajstić information content (AvgIpc) is 2.32. The van der Waals surface area contributed by atoms with Crippen molar-refractivity contribution in [3.8, 4) is 0 Å². The fourth-order valence-electron chi connectivity index (χ4n) is 1.53. The lowest BCUT2D eigenvalue weighted by molar-refractivity contribution is 0.0999. The molecule has 5 N–H and O–H groups in total. The molecule has 18 heavy (non-hydrogen) atoms. The average molecular weight is 306 g/mol. The monoisotopic (exact) mass is 305 g/mol. The van der Waals surface area contributed by atoms with E-state index in [4.69, 9.17) is 11.5 Å². The molecule has 92 valence electrons. The molecule has 0 bridgehead atoms. The number of benzene rings is 2. The van der Waals surface area contributed by atoms with Gasteiger partial charge in [0.2, 0.25) is 5.91 Å². The van der Waals surface area contributed by atoms with Gasteiger partial charge >= 0.3 is 0 Å². The molecule has 2 rings (SSSR count). The van der Waals surface area contributed by atoms with Gasteiger partial charge in [-0.15, -0.1) is 0 Å². The third-order valence-corrected chi connectivity index (χ3v) is 3.09. The standard InChI is InChI=1S/C13H12BrN3O/c14-12-7-10(5-6-11(12)13(16)18)17-9-3-1-8(15)2-4-9/h1-7,17H,15H2,(H2,16,18). The van der Waals surface area contributed by atoms with Crippen LogP contribution >= 0.6 is 15.9 Å². The first-order chi connectivity index (χ1) is 8.56. The zero-order valence-electron chi connectivity index (χ0n) is 9.48. The minimum Gasteiger partial charge on any atom is -0.399 e. The number of anilines is 3. The zero-order valence-corrected chi connectivity index (χ0v) is 11.1. The number of carbonyl (C=O) groups is 1. The Morgan fingerprint density at radius 2 is 1.67 bits per heavy atom. The number of primary amides is 1. The molecule has 0 unspecified atom stereocenters. The summed E-state index contributed by atoms with van der Waals surface area (Å²) in [4.78, 5) is 11.1. The fraction of sp³-hybridized carbons (Fsp3) is 0. The van der Waals surface area contributed by atoms with Gasteiger partial charge in [0.25, 0.3) is 0 Å². The van der Waals surface area contributed by atoms with E-state index in [9.17, 15) is 4.79 Å². The van der Waals surface area contributed by atoms with Gasteiger partial charge in [0.1, 0.15) is 0 Å². The summed E-state index contributed by atoms with van der Waals surface area (Å²) in [5.74, 6) is -0.457. The predicted octanol–water partition coefficient (Wildman–Crippen LogP) is 2.87. The number of hydrogen-bond acceptors (Lipinski definition) is 3. The molecule has 0 spiro atoms. The van der Waals surface area contributed by atoms with Crippen LogP contribution in [0.4, 0.5) is 17.1 Å². The molecule has 0 atom stereocenters. The lowest BCUT2D eigenvalue weighted by Crippen LogP contribution is -2.11. The topological polar surface area (TPSA) is 81.1 Å². The van der Waals surface area contributed by atoms with Gasteiger partial charge in [-0.1, -0.05) is 0 Å². The van der Waals surface area contributed by atoms with Crippen LogP contribution in [0.25, 0.3) is 0 Å². The van der Waals surface area contributed by atoms with E-state index in [-0.39, 0.29) is 0 Å². The second-order valence-electron chi connectivity index (χ2n) is 3.81. The number of nitrogens with two attached hydrogens (primary N) is 2. The van der Waals surface area contributed by atoms with Crippen LogP contribution in [0.5, 0.6) is 0 Å².